The van der Waals surface area contributed by atoms with Gasteiger partial charge in [0.2, 0.25) is 5.91 Å². The van der Waals surface area contributed by atoms with Gasteiger partial charge in [-0.2, -0.15) is 0 Å². The van der Waals surface area contributed by atoms with Crippen LogP contribution in [0.4, 0.5) is 5.69 Å². The zero-order valence-electron chi connectivity index (χ0n) is 66.4. The Morgan fingerprint density at radius 3 is 0.875 bits per heavy atom. The molecule has 1 aromatic rings. The fourth-order valence-corrected chi connectivity index (χ4v) is 10.6. The summed E-state index contributed by atoms with van der Waals surface area (Å²) in [5.74, 6) is -19.1. The molecule has 1 amide bonds. The highest BCUT2D eigenvalue weighted by Crippen LogP contribution is 2.16. The van der Waals surface area contributed by atoms with E-state index in [2.05, 4.69) is 5.32 Å². The molecule has 1 atom stereocenters. The highest BCUT2D eigenvalue weighted by molar-refractivity contribution is 5.91. The minimum Gasteiger partial charge on any atom is -0.549 e. The summed E-state index contributed by atoms with van der Waals surface area (Å²) in [7, 11) is 0. The molecule has 0 bridgehead atoms. The zero-order valence-corrected chi connectivity index (χ0v) is 66.4. The second kappa shape index (κ2) is 74.6. The monoisotopic (exact) mass is 1720 g/mol. The van der Waals surface area contributed by atoms with Gasteiger partial charge in [0.15, 0.2) is 0 Å². The summed E-state index contributed by atoms with van der Waals surface area (Å²) >= 11 is 0. The van der Waals surface area contributed by atoms with Crippen molar-refractivity contribution in [2.75, 3.05) is 255 Å². The van der Waals surface area contributed by atoms with E-state index in [1.54, 1.807) is 29.2 Å². The highest BCUT2D eigenvalue weighted by Gasteiger charge is 2.26. The summed E-state index contributed by atoms with van der Waals surface area (Å²) in [4.78, 5) is 192. The number of carbonyl (C=O) groups excluding carboxylic acids is 11. The summed E-state index contributed by atoms with van der Waals surface area (Å²) in [6.45, 7) is 1.53. The van der Waals surface area contributed by atoms with Gasteiger partial charge >= 0.3 is 29.8 Å². The molecule has 0 aliphatic rings. The number of hydrogen-bond acceptors (Lipinski definition) is 39. The molecule has 0 spiro atoms. The highest BCUT2D eigenvalue weighted by atomic mass is 16.5. The van der Waals surface area contributed by atoms with Crippen molar-refractivity contribution in [3.63, 3.8) is 0 Å². The molecule has 0 fully saturated rings. The summed E-state index contributed by atoms with van der Waals surface area (Å²) in [6, 6.07) is 5.41. The molecule has 6 N–H and O–H groups in total. The Morgan fingerprint density at radius 2 is 0.567 bits per heavy atom. The number of carbonyl (C=O) groups is 16. The average molecular weight is 1730 g/mol. The molecule has 120 heavy (non-hydrogen) atoms. The largest absolute Gasteiger partial charge is 0.549 e. The van der Waals surface area contributed by atoms with Gasteiger partial charge in [0, 0.05) is 182 Å². The first-order valence-electron chi connectivity index (χ1n) is 37.4. The summed E-state index contributed by atoms with van der Waals surface area (Å²) in [6.07, 6.45) is 3.97. The smallest absolute Gasteiger partial charge is 0.317 e. The van der Waals surface area contributed by atoms with Crippen LogP contribution in [0, 0.1) is 0 Å². The van der Waals surface area contributed by atoms with E-state index in [-0.39, 0.29) is 151 Å². The van der Waals surface area contributed by atoms with E-state index in [4.69, 9.17) is 48.8 Å². The molecule has 1 unspecified atom stereocenters. The first-order chi connectivity index (χ1) is 55.3. The van der Waals surface area contributed by atoms with Gasteiger partial charge in [0.1, 0.15) is 18.2 Å². The molecule has 0 aliphatic heterocycles. The number of anilines is 1. The number of carboxylic acid groups (broad SMARTS) is 13. The molecule has 45 heteroatoms. The van der Waals surface area contributed by atoms with Gasteiger partial charge in [-0.15, -0.1) is 0 Å². The van der Waals surface area contributed by atoms with E-state index >= 15 is 0 Å². The fourth-order valence-electron chi connectivity index (χ4n) is 10.6. The Bertz CT molecular complexity index is 3000. The SMILES string of the molecule is C.C.C.CCCOCCOCC(=O)Nc1ccc(CC(CN(CCN(CC(=O)[O-])CC(=O)O)CC(=O)O)N(CC(=O)[O-])CC(=O)[O-])cc1.CCCOCCOCCCC(=O)CN(CCN(CC(=O)[O-])CC(=O)[O-])CCN(CC(=O)[O-])CC(=O)O.CCCOCCOCCCC(=O)CN(CCN(CCN(CC(=O)[O-])CC(=O)O)CC(=O)O)CC(=O)[O-]. The van der Waals surface area contributed by atoms with E-state index in [9.17, 15) is 123 Å². The molecule has 692 valence electrons. The number of amides is 1. The van der Waals surface area contributed by atoms with Crippen molar-refractivity contribution in [3.05, 3.63) is 29.8 Å². The second-order valence-electron chi connectivity index (χ2n) is 26.2. The van der Waals surface area contributed by atoms with Gasteiger partial charge in [-0.3, -0.25) is 82.5 Å². The van der Waals surface area contributed by atoms with Crippen LogP contribution < -0.4 is 46.2 Å². The van der Waals surface area contributed by atoms with Crippen LogP contribution in [0.3, 0.4) is 0 Å². The predicted octanol–water partition coefficient (Wildman–Crippen LogP) is -11.4. The van der Waals surface area contributed by atoms with E-state index in [0.717, 1.165) is 43.8 Å². The van der Waals surface area contributed by atoms with Crippen LogP contribution in [0.15, 0.2) is 24.3 Å². The molecule has 45 nitrogen and oxygen atoms in total. The van der Waals surface area contributed by atoms with Crippen molar-refractivity contribution in [1.82, 2.24) is 44.1 Å². The number of ether oxygens (including phenoxy) is 6. The lowest BCUT2D eigenvalue weighted by atomic mass is 10.0. The predicted molar refractivity (Wildman–Crippen MR) is 408 cm³/mol. The Morgan fingerprint density at radius 1 is 0.317 bits per heavy atom. The third kappa shape index (κ3) is 74.8. The number of nitrogens with one attached hydrogen (secondary N) is 1. The Kier molecular flexibility index (Phi) is 74.0. The van der Waals surface area contributed by atoms with Crippen LogP contribution in [0.1, 0.15) is 93.6 Å². The Balaban J connectivity index is -0.000000549. The standard InChI is InChI=1S/C28H42N4O13.2C22H39N3O11.3CH4/c1-2-9-44-10-11-45-19-23(33)29-21-5-3-20(4-6-21)12-22(32(17-27(40)41)18-28(42)43)13-30(14-24(34)35)7-8-31(15-25(36)37)16-26(38)39;1-2-9-35-11-12-36-10-3-4-18(26)13-24(15-20(29)30)7-5-23(14-19(27)28)6-8-25(16-21(31)32)17-22(33)34;1-2-9-35-11-12-36-10-3-4-18(26)13-23(5-7-24(14-19(27)28)15-20(29)30)6-8-25(16-21(31)32)17-22(33)34;;;/h3-6,22H,2,7-19H2,1H3,(H,29,33)(H,34,35)(H,36,37)(H,38,39)(H,40,41)(H,42,43);2*2-17H2,1H3,(H,27,28)(H,29,30)(H,31,32)(H,33,34);3*1H4/p-8. The van der Waals surface area contributed by atoms with Gasteiger partial charge in [-0.25, -0.2) is 0 Å². The lowest BCUT2D eigenvalue weighted by molar-refractivity contribution is -0.313. The van der Waals surface area contributed by atoms with Crippen molar-refractivity contribution in [1.29, 1.82) is 0 Å². The summed E-state index contributed by atoms with van der Waals surface area (Å²) in [5, 5.41) is 137. The number of hydrogen-bond donors (Lipinski definition) is 6. The first kappa shape index (κ1) is 119. The number of aliphatic carboxylic acids is 13. The lowest BCUT2D eigenvalue weighted by Crippen LogP contribution is -2.54. The Hall–Kier alpha value is -9.46. The van der Waals surface area contributed by atoms with Crippen LogP contribution in [0.5, 0.6) is 0 Å². The fraction of sp³-hybridized carbons (Fsp3) is 0.707. The van der Waals surface area contributed by atoms with E-state index in [1.807, 2.05) is 20.8 Å². The molecule has 0 heterocycles. The normalized spacial score (nSPS) is 11.3. The number of carboxylic acids is 13. The maximum Gasteiger partial charge on any atom is 0.317 e. The maximum absolute atomic E-state index is 12.5. The first-order valence-corrected chi connectivity index (χ1v) is 37.4. The van der Waals surface area contributed by atoms with Crippen molar-refractivity contribution in [2.45, 2.75) is 100 Å². The van der Waals surface area contributed by atoms with Crippen molar-refractivity contribution < 1.29 is 172 Å². The molecule has 0 aliphatic carbocycles. The van der Waals surface area contributed by atoms with Gasteiger partial charge < -0.3 is 138 Å². The minimum atomic E-state index is -1.59. The summed E-state index contributed by atoms with van der Waals surface area (Å²) in [5.41, 5.74) is 0.996. The number of nitrogens with zero attached hydrogens (tertiary/aromatic N) is 9. The van der Waals surface area contributed by atoms with Crippen LogP contribution in [0.25, 0.3) is 0 Å². The van der Waals surface area contributed by atoms with Crippen molar-refractivity contribution in [3.8, 4) is 0 Å². The molecule has 1 aromatic carbocycles. The van der Waals surface area contributed by atoms with Crippen LogP contribution >= 0.6 is 0 Å². The molecule has 0 aromatic heterocycles. The topological polar surface area (TPSA) is 655 Å². The van der Waals surface area contributed by atoms with Gasteiger partial charge in [-0.1, -0.05) is 55.2 Å². The molecule has 0 radical (unpaired) electrons. The molecule has 0 saturated carbocycles. The molecule has 0 saturated heterocycles. The second-order valence-corrected chi connectivity index (χ2v) is 26.2. The van der Waals surface area contributed by atoms with Gasteiger partial charge in [0.25, 0.3) is 0 Å². The molecule has 1 rings (SSSR count). The third-order valence-electron chi connectivity index (χ3n) is 15.6. The lowest BCUT2D eigenvalue weighted by Gasteiger charge is -2.36. The minimum absolute atomic E-state index is 0. The number of benzene rings is 1. The summed E-state index contributed by atoms with van der Waals surface area (Å²) < 4.78 is 31.9. The molecular formula is C75H124N10O35-8. The van der Waals surface area contributed by atoms with Crippen LogP contribution in [-0.4, -0.2) is 420 Å². The van der Waals surface area contributed by atoms with E-state index in [1.165, 1.54) is 14.7 Å². The van der Waals surface area contributed by atoms with E-state index in [0.29, 0.717) is 90.2 Å². The van der Waals surface area contributed by atoms with Gasteiger partial charge in [-0.05, 0) is 56.2 Å². The number of Topliss-reactive ketones (excluding diaryl/α,β-unsaturated/α-hetero) is 2. The van der Waals surface area contributed by atoms with Gasteiger partial charge in [0.05, 0.1) is 133 Å². The Labute approximate surface area is 699 Å². The van der Waals surface area contributed by atoms with E-state index < -0.39 is 175 Å². The quantitative estimate of drug-likeness (QED) is 0.0330. The maximum atomic E-state index is 12.5. The number of rotatable bonds is 76. The van der Waals surface area contributed by atoms with Crippen LogP contribution in [-0.2, 0) is 112 Å². The van der Waals surface area contributed by atoms with Crippen molar-refractivity contribution in [2.24, 2.45) is 0 Å². The average Bonchev–Trinajstić information content (AvgIpc) is 0.853. The number of ketones is 2. The zero-order chi connectivity index (χ0) is 88.5. The third-order valence-corrected chi connectivity index (χ3v) is 15.6. The van der Waals surface area contributed by atoms with Crippen molar-refractivity contribution >= 4 is 101 Å². The molecular weight excluding hydrogens is 1600 g/mol. The van der Waals surface area contributed by atoms with Crippen LogP contribution in [0.2, 0.25) is 0 Å².